The molecule has 3 rings (SSSR count). The minimum atomic E-state index is -0.906. The number of nitrogens with zero attached hydrogens (tertiary/aromatic N) is 3. The van der Waals surface area contributed by atoms with E-state index in [2.05, 4.69) is 10.3 Å². The van der Waals surface area contributed by atoms with E-state index >= 15 is 0 Å². The number of imidazole rings is 1. The van der Waals surface area contributed by atoms with Crippen LogP contribution in [0.5, 0.6) is 0 Å². The lowest BCUT2D eigenvalue weighted by atomic mass is 10.3. The van der Waals surface area contributed by atoms with Crippen molar-refractivity contribution in [3.05, 3.63) is 30.1 Å². The number of aromatic nitrogens is 2. The molecule has 1 fully saturated rings. The third kappa shape index (κ3) is 2.11. The fourth-order valence-electron chi connectivity index (χ4n) is 2.18. The number of hydrogen-bond donors (Lipinski definition) is 1. The zero-order valence-electron chi connectivity index (χ0n) is 10.1. The van der Waals surface area contributed by atoms with Gasteiger partial charge in [-0.1, -0.05) is 0 Å². The Hall–Kier alpha value is -2.18. The van der Waals surface area contributed by atoms with Crippen molar-refractivity contribution in [3.8, 4) is 0 Å². The van der Waals surface area contributed by atoms with Gasteiger partial charge in [0.05, 0.1) is 17.4 Å². The van der Waals surface area contributed by atoms with E-state index < -0.39 is 11.6 Å². The quantitative estimate of drug-likeness (QED) is 0.911. The zero-order valence-corrected chi connectivity index (χ0v) is 10.1. The Balaban J connectivity index is 1.81. The van der Waals surface area contributed by atoms with Crippen LogP contribution in [0.25, 0.3) is 11.0 Å². The van der Waals surface area contributed by atoms with E-state index in [0.717, 1.165) is 12.1 Å². The van der Waals surface area contributed by atoms with Gasteiger partial charge in [0.2, 0.25) is 0 Å². The second-order valence-electron chi connectivity index (χ2n) is 4.41. The maximum absolute atomic E-state index is 13.2. The van der Waals surface area contributed by atoms with Crippen LogP contribution in [0.4, 0.5) is 13.6 Å². The minimum Gasteiger partial charge on any atom is -0.336 e. The molecule has 0 radical (unpaired) electrons. The lowest BCUT2D eigenvalue weighted by Crippen LogP contribution is -2.31. The first-order valence-corrected chi connectivity index (χ1v) is 5.98. The summed E-state index contributed by atoms with van der Waals surface area (Å²) in [4.78, 5) is 17.1. The first-order chi connectivity index (χ1) is 9.15. The van der Waals surface area contributed by atoms with Gasteiger partial charge < -0.3 is 14.8 Å². The molecule has 2 aromatic rings. The molecule has 1 aromatic heterocycles. The molecule has 1 aromatic carbocycles. The average molecular weight is 266 g/mol. The SMILES string of the molecule is O=C1NCCN1CCn1cnc2cc(F)c(F)cc21. The summed E-state index contributed by atoms with van der Waals surface area (Å²) in [6.45, 7) is 2.31. The average Bonchev–Trinajstić information content (AvgIpc) is 2.95. The zero-order chi connectivity index (χ0) is 13.4. The van der Waals surface area contributed by atoms with Crippen molar-refractivity contribution >= 4 is 17.1 Å². The number of amides is 2. The predicted molar refractivity (Wildman–Crippen MR) is 64.6 cm³/mol. The normalized spacial score (nSPS) is 15.3. The molecule has 0 bridgehead atoms. The summed E-state index contributed by atoms with van der Waals surface area (Å²) in [5, 5.41) is 2.71. The van der Waals surface area contributed by atoms with Gasteiger partial charge in [-0.2, -0.15) is 0 Å². The van der Waals surface area contributed by atoms with Gasteiger partial charge >= 0.3 is 6.03 Å². The highest BCUT2D eigenvalue weighted by molar-refractivity contribution is 5.76. The number of fused-ring (bicyclic) bond motifs is 1. The molecule has 2 amide bonds. The fourth-order valence-corrected chi connectivity index (χ4v) is 2.18. The van der Waals surface area contributed by atoms with Crippen molar-refractivity contribution in [1.29, 1.82) is 0 Å². The number of benzene rings is 1. The molecule has 1 aliphatic heterocycles. The molecule has 1 N–H and O–H groups in total. The predicted octanol–water partition coefficient (Wildman–Crippen LogP) is 1.34. The number of hydrogen-bond acceptors (Lipinski definition) is 2. The first kappa shape index (κ1) is 11.9. The molecule has 0 aliphatic carbocycles. The third-order valence-electron chi connectivity index (χ3n) is 3.22. The lowest BCUT2D eigenvalue weighted by Gasteiger charge is -2.14. The maximum Gasteiger partial charge on any atom is 0.317 e. The molecule has 2 heterocycles. The van der Waals surface area contributed by atoms with Crippen LogP contribution in [0.2, 0.25) is 0 Å². The number of rotatable bonds is 3. The molecule has 7 heteroatoms. The van der Waals surface area contributed by atoms with Crippen LogP contribution in [0.1, 0.15) is 0 Å². The number of carbonyl (C=O) groups is 1. The van der Waals surface area contributed by atoms with Crippen LogP contribution in [-0.4, -0.2) is 40.1 Å². The Morgan fingerprint density at radius 1 is 1.26 bits per heavy atom. The monoisotopic (exact) mass is 266 g/mol. The van der Waals surface area contributed by atoms with Crippen molar-refractivity contribution in [2.45, 2.75) is 6.54 Å². The van der Waals surface area contributed by atoms with Crippen molar-refractivity contribution in [1.82, 2.24) is 19.8 Å². The van der Waals surface area contributed by atoms with E-state index in [9.17, 15) is 13.6 Å². The van der Waals surface area contributed by atoms with Gasteiger partial charge in [-0.3, -0.25) is 0 Å². The summed E-state index contributed by atoms with van der Waals surface area (Å²) < 4.78 is 28.0. The fraction of sp³-hybridized carbons (Fsp3) is 0.333. The van der Waals surface area contributed by atoms with Crippen LogP contribution in [0.15, 0.2) is 18.5 Å². The van der Waals surface area contributed by atoms with Crippen molar-refractivity contribution in [2.24, 2.45) is 0 Å². The largest absolute Gasteiger partial charge is 0.336 e. The highest BCUT2D eigenvalue weighted by atomic mass is 19.2. The van der Waals surface area contributed by atoms with E-state index in [-0.39, 0.29) is 6.03 Å². The highest BCUT2D eigenvalue weighted by Crippen LogP contribution is 2.17. The van der Waals surface area contributed by atoms with E-state index in [1.807, 2.05) is 0 Å². The molecule has 19 heavy (non-hydrogen) atoms. The van der Waals surface area contributed by atoms with Crippen LogP contribution >= 0.6 is 0 Å². The number of halogens is 2. The molecule has 0 saturated carbocycles. The van der Waals surface area contributed by atoms with E-state index in [1.54, 1.807) is 9.47 Å². The topological polar surface area (TPSA) is 50.2 Å². The van der Waals surface area contributed by atoms with Crippen molar-refractivity contribution < 1.29 is 13.6 Å². The summed E-state index contributed by atoms with van der Waals surface area (Å²) in [5.41, 5.74) is 0.934. The van der Waals surface area contributed by atoms with Crippen LogP contribution in [0.3, 0.4) is 0 Å². The second-order valence-corrected chi connectivity index (χ2v) is 4.41. The van der Waals surface area contributed by atoms with E-state index in [0.29, 0.717) is 37.2 Å². The molecule has 0 spiro atoms. The lowest BCUT2D eigenvalue weighted by molar-refractivity contribution is 0.216. The number of urea groups is 1. The summed E-state index contributed by atoms with van der Waals surface area (Å²) in [5.74, 6) is -1.80. The third-order valence-corrected chi connectivity index (χ3v) is 3.22. The van der Waals surface area contributed by atoms with Crippen molar-refractivity contribution in [3.63, 3.8) is 0 Å². The molecule has 0 unspecified atom stereocenters. The molecule has 1 saturated heterocycles. The van der Waals surface area contributed by atoms with Crippen LogP contribution in [0, 0.1) is 11.6 Å². The van der Waals surface area contributed by atoms with Gasteiger partial charge in [0, 0.05) is 38.3 Å². The minimum absolute atomic E-state index is 0.0957. The smallest absolute Gasteiger partial charge is 0.317 e. The summed E-state index contributed by atoms with van der Waals surface area (Å²) >= 11 is 0. The molecular formula is C12H12F2N4O. The first-order valence-electron chi connectivity index (χ1n) is 5.98. The van der Waals surface area contributed by atoms with Crippen LogP contribution < -0.4 is 5.32 Å². The summed E-state index contributed by atoms with van der Waals surface area (Å²) in [6.07, 6.45) is 1.53. The van der Waals surface area contributed by atoms with Gasteiger partial charge in [-0.05, 0) is 0 Å². The Morgan fingerprint density at radius 2 is 2.05 bits per heavy atom. The maximum atomic E-state index is 13.2. The van der Waals surface area contributed by atoms with Gasteiger partial charge in [0.15, 0.2) is 11.6 Å². The molecule has 5 nitrogen and oxygen atoms in total. The van der Waals surface area contributed by atoms with Crippen molar-refractivity contribution in [2.75, 3.05) is 19.6 Å². The molecule has 100 valence electrons. The molecular weight excluding hydrogens is 254 g/mol. The Bertz CT molecular complexity index is 640. The standard InChI is InChI=1S/C12H12F2N4O/c13-8-5-10-11(6-9(8)14)18(7-16-10)4-3-17-2-1-15-12(17)19/h5-7H,1-4H2,(H,15,19). The second kappa shape index (κ2) is 4.49. The van der Waals surface area contributed by atoms with E-state index in [4.69, 9.17) is 0 Å². The van der Waals surface area contributed by atoms with Gasteiger partial charge in [-0.15, -0.1) is 0 Å². The number of nitrogens with one attached hydrogen (secondary N) is 1. The Morgan fingerprint density at radius 3 is 2.79 bits per heavy atom. The summed E-state index contributed by atoms with van der Waals surface area (Å²) in [6, 6.07) is 2.10. The Kier molecular flexibility index (Phi) is 2.81. The molecule has 1 aliphatic rings. The van der Waals surface area contributed by atoms with Gasteiger partial charge in [-0.25, -0.2) is 18.6 Å². The van der Waals surface area contributed by atoms with Gasteiger partial charge in [0.25, 0.3) is 0 Å². The highest BCUT2D eigenvalue weighted by Gasteiger charge is 2.19. The summed E-state index contributed by atoms with van der Waals surface area (Å²) in [7, 11) is 0. The van der Waals surface area contributed by atoms with Gasteiger partial charge in [0.1, 0.15) is 0 Å². The Labute approximate surface area is 107 Å². The van der Waals surface area contributed by atoms with Crippen LogP contribution in [-0.2, 0) is 6.54 Å². The number of carbonyl (C=O) groups excluding carboxylic acids is 1. The molecule has 0 atom stereocenters. The van der Waals surface area contributed by atoms with E-state index in [1.165, 1.54) is 6.33 Å².